The SMILES string of the molecule is C=C/C(Cl)=C\C=C\C(CO)C1C=CC(Cl)=CC1. The van der Waals surface area contributed by atoms with Crippen LogP contribution >= 0.6 is 23.2 Å². The number of rotatable bonds is 5. The molecule has 0 aromatic carbocycles. The van der Waals surface area contributed by atoms with Crippen molar-refractivity contribution < 1.29 is 5.11 Å². The standard InChI is InChI=1S/C14H16Cl2O/c1-2-13(15)5-3-4-12(10-17)11-6-8-14(16)9-7-11/h2-6,8-9,11-12,17H,1,7,10H2/b4-3+,13-5+. The van der Waals surface area contributed by atoms with Gasteiger partial charge < -0.3 is 5.11 Å². The summed E-state index contributed by atoms with van der Waals surface area (Å²) in [4.78, 5) is 0. The Bertz CT molecular complexity index is 378. The molecule has 0 aromatic heterocycles. The molecule has 92 valence electrons. The molecule has 0 aromatic rings. The highest BCUT2D eigenvalue weighted by Gasteiger charge is 2.16. The van der Waals surface area contributed by atoms with Gasteiger partial charge in [0.1, 0.15) is 0 Å². The highest BCUT2D eigenvalue weighted by Crippen LogP contribution is 2.26. The van der Waals surface area contributed by atoms with Gasteiger partial charge in [-0.05, 0) is 24.5 Å². The summed E-state index contributed by atoms with van der Waals surface area (Å²) in [6, 6.07) is 0. The minimum absolute atomic E-state index is 0.0813. The summed E-state index contributed by atoms with van der Waals surface area (Å²) in [5.74, 6) is 0.368. The molecule has 1 nitrogen and oxygen atoms in total. The van der Waals surface area contributed by atoms with Crippen LogP contribution in [-0.4, -0.2) is 11.7 Å². The first-order valence-electron chi connectivity index (χ1n) is 5.48. The van der Waals surface area contributed by atoms with Gasteiger partial charge in [-0.15, -0.1) is 0 Å². The summed E-state index contributed by atoms with van der Waals surface area (Å²) in [7, 11) is 0. The molecule has 1 aliphatic carbocycles. The summed E-state index contributed by atoms with van der Waals surface area (Å²) in [5.41, 5.74) is 0. The molecule has 1 rings (SSSR count). The lowest BCUT2D eigenvalue weighted by atomic mass is 9.87. The van der Waals surface area contributed by atoms with Gasteiger partial charge in [0.15, 0.2) is 0 Å². The lowest BCUT2D eigenvalue weighted by Gasteiger charge is -2.20. The average Bonchev–Trinajstić information content (AvgIpc) is 2.35. The maximum absolute atomic E-state index is 9.35. The average molecular weight is 271 g/mol. The first kappa shape index (κ1) is 14.3. The van der Waals surface area contributed by atoms with Crippen LogP contribution in [0.25, 0.3) is 0 Å². The van der Waals surface area contributed by atoms with Crippen LogP contribution < -0.4 is 0 Å². The molecule has 0 spiro atoms. The third-order valence-electron chi connectivity index (χ3n) is 2.66. The summed E-state index contributed by atoms with van der Waals surface area (Å²) in [5, 5.41) is 10.7. The smallest absolute Gasteiger partial charge is 0.0499 e. The summed E-state index contributed by atoms with van der Waals surface area (Å²) >= 11 is 11.6. The molecule has 1 aliphatic rings. The Labute approximate surface area is 112 Å². The molecule has 0 bridgehead atoms. The number of hydrogen-bond acceptors (Lipinski definition) is 1. The van der Waals surface area contributed by atoms with Crippen molar-refractivity contribution in [3.8, 4) is 0 Å². The van der Waals surface area contributed by atoms with E-state index in [0.29, 0.717) is 5.03 Å². The fourth-order valence-corrected chi connectivity index (χ4v) is 1.86. The maximum Gasteiger partial charge on any atom is 0.0499 e. The first-order chi connectivity index (χ1) is 8.17. The molecule has 0 saturated heterocycles. The summed E-state index contributed by atoms with van der Waals surface area (Å²) in [6.07, 6.45) is 13.9. The van der Waals surface area contributed by atoms with E-state index in [-0.39, 0.29) is 18.4 Å². The van der Waals surface area contributed by atoms with Crippen LogP contribution in [0.1, 0.15) is 6.42 Å². The monoisotopic (exact) mass is 270 g/mol. The van der Waals surface area contributed by atoms with Gasteiger partial charge in [0.2, 0.25) is 0 Å². The summed E-state index contributed by atoms with van der Waals surface area (Å²) < 4.78 is 0. The van der Waals surface area contributed by atoms with Crippen molar-refractivity contribution in [2.75, 3.05) is 6.61 Å². The molecular formula is C14H16Cl2O. The second-order valence-corrected chi connectivity index (χ2v) is 4.71. The van der Waals surface area contributed by atoms with Crippen molar-refractivity contribution >= 4 is 23.2 Å². The predicted octanol–water partition coefficient (Wildman–Crippen LogP) is 4.16. The molecule has 0 radical (unpaired) electrons. The quantitative estimate of drug-likeness (QED) is 0.744. The van der Waals surface area contributed by atoms with E-state index < -0.39 is 0 Å². The van der Waals surface area contributed by atoms with E-state index >= 15 is 0 Å². The van der Waals surface area contributed by atoms with Crippen molar-refractivity contribution in [3.63, 3.8) is 0 Å². The highest BCUT2D eigenvalue weighted by atomic mass is 35.5. The van der Waals surface area contributed by atoms with Crippen LogP contribution in [0.3, 0.4) is 0 Å². The predicted molar refractivity (Wildman–Crippen MR) is 75.0 cm³/mol. The second kappa shape index (κ2) is 7.54. The minimum Gasteiger partial charge on any atom is -0.396 e. The molecule has 3 heteroatoms. The Kier molecular flexibility index (Phi) is 6.35. The Morgan fingerprint density at radius 3 is 2.94 bits per heavy atom. The third-order valence-corrected chi connectivity index (χ3v) is 3.22. The number of allylic oxidation sites excluding steroid dienone is 8. The number of aliphatic hydroxyl groups is 1. The zero-order chi connectivity index (χ0) is 12.7. The molecule has 0 amide bonds. The third kappa shape index (κ3) is 4.95. The van der Waals surface area contributed by atoms with Crippen LogP contribution in [0.2, 0.25) is 0 Å². The molecule has 0 fully saturated rings. The zero-order valence-corrected chi connectivity index (χ0v) is 11.0. The largest absolute Gasteiger partial charge is 0.396 e. The van der Waals surface area contributed by atoms with Crippen molar-refractivity contribution in [2.24, 2.45) is 11.8 Å². The minimum atomic E-state index is 0.0813. The van der Waals surface area contributed by atoms with Crippen molar-refractivity contribution in [1.29, 1.82) is 0 Å². The Hall–Kier alpha value is -0.760. The zero-order valence-electron chi connectivity index (χ0n) is 9.52. The fourth-order valence-electron chi connectivity index (χ4n) is 1.63. The molecule has 17 heavy (non-hydrogen) atoms. The van der Waals surface area contributed by atoms with Gasteiger partial charge in [-0.3, -0.25) is 0 Å². The normalized spacial score (nSPS) is 22.6. The van der Waals surface area contributed by atoms with Crippen LogP contribution in [0.4, 0.5) is 0 Å². The molecule has 0 aliphatic heterocycles. The second-order valence-electron chi connectivity index (χ2n) is 3.83. The Morgan fingerprint density at radius 1 is 1.65 bits per heavy atom. The van der Waals surface area contributed by atoms with E-state index in [0.717, 1.165) is 11.5 Å². The van der Waals surface area contributed by atoms with Crippen LogP contribution in [0, 0.1) is 11.8 Å². The molecule has 0 saturated carbocycles. The number of aliphatic hydroxyl groups excluding tert-OH is 1. The van der Waals surface area contributed by atoms with Crippen LogP contribution in [-0.2, 0) is 0 Å². The molecule has 0 heterocycles. The van der Waals surface area contributed by atoms with Gasteiger partial charge in [0, 0.05) is 22.6 Å². The maximum atomic E-state index is 9.35. The van der Waals surface area contributed by atoms with Gasteiger partial charge in [-0.1, -0.05) is 60.2 Å². The van der Waals surface area contributed by atoms with E-state index in [9.17, 15) is 5.11 Å². The van der Waals surface area contributed by atoms with Crippen molar-refractivity contribution in [3.05, 3.63) is 59.2 Å². The topological polar surface area (TPSA) is 20.2 Å². The van der Waals surface area contributed by atoms with E-state index in [2.05, 4.69) is 6.58 Å². The number of hydrogen-bond donors (Lipinski definition) is 1. The van der Waals surface area contributed by atoms with Gasteiger partial charge in [-0.2, -0.15) is 0 Å². The molecule has 2 unspecified atom stereocenters. The lowest BCUT2D eigenvalue weighted by molar-refractivity contribution is 0.225. The molecular weight excluding hydrogens is 255 g/mol. The lowest BCUT2D eigenvalue weighted by Crippen LogP contribution is -2.15. The Balaban J connectivity index is 2.61. The first-order valence-corrected chi connectivity index (χ1v) is 6.24. The fraction of sp³-hybridized carbons (Fsp3) is 0.286. The Morgan fingerprint density at radius 2 is 2.41 bits per heavy atom. The molecule has 2 atom stereocenters. The van der Waals surface area contributed by atoms with Gasteiger partial charge in [-0.25, -0.2) is 0 Å². The van der Waals surface area contributed by atoms with E-state index in [1.807, 2.05) is 30.4 Å². The van der Waals surface area contributed by atoms with Gasteiger partial charge in [0.25, 0.3) is 0 Å². The van der Waals surface area contributed by atoms with Gasteiger partial charge in [0.05, 0.1) is 0 Å². The van der Waals surface area contributed by atoms with Crippen LogP contribution in [0.15, 0.2) is 59.2 Å². The number of halogens is 2. The highest BCUT2D eigenvalue weighted by molar-refractivity contribution is 6.31. The summed E-state index contributed by atoms with van der Waals surface area (Å²) in [6.45, 7) is 3.67. The van der Waals surface area contributed by atoms with Gasteiger partial charge >= 0.3 is 0 Å². The van der Waals surface area contributed by atoms with Crippen molar-refractivity contribution in [1.82, 2.24) is 0 Å². The van der Waals surface area contributed by atoms with E-state index in [1.165, 1.54) is 0 Å². The van der Waals surface area contributed by atoms with Crippen LogP contribution in [0.5, 0.6) is 0 Å². The van der Waals surface area contributed by atoms with E-state index in [4.69, 9.17) is 23.2 Å². The molecule has 1 N–H and O–H groups in total. The van der Waals surface area contributed by atoms with E-state index in [1.54, 1.807) is 12.2 Å². The van der Waals surface area contributed by atoms with Crippen molar-refractivity contribution in [2.45, 2.75) is 6.42 Å².